The molecule has 1 atom stereocenters. The van der Waals surface area contributed by atoms with Crippen molar-refractivity contribution in [2.75, 3.05) is 18.0 Å². The van der Waals surface area contributed by atoms with E-state index in [1.807, 2.05) is 13.0 Å². The molecule has 7 nitrogen and oxygen atoms in total. The minimum Gasteiger partial charge on any atom is -0.352 e. The molecular weight excluding hydrogens is 304 g/mol. The third-order valence-corrected chi connectivity index (χ3v) is 4.34. The lowest BCUT2D eigenvalue weighted by molar-refractivity contribution is 0.0951. The second-order valence-electron chi connectivity index (χ2n) is 6.24. The number of hydrogen-bond acceptors (Lipinski definition) is 5. The number of rotatable bonds is 5. The average Bonchev–Trinajstić information content (AvgIpc) is 3.20. The first-order valence-electron chi connectivity index (χ1n) is 8.45. The van der Waals surface area contributed by atoms with E-state index in [9.17, 15) is 4.79 Å². The zero-order valence-electron chi connectivity index (χ0n) is 14.5. The Labute approximate surface area is 142 Å². The Morgan fingerprint density at radius 1 is 1.42 bits per heavy atom. The number of hydrogen-bond donors (Lipinski definition) is 1. The van der Waals surface area contributed by atoms with Crippen molar-refractivity contribution in [2.45, 2.75) is 39.2 Å². The van der Waals surface area contributed by atoms with Crippen LogP contribution in [0.5, 0.6) is 0 Å². The molecule has 1 aliphatic rings. The van der Waals surface area contributed by atoms with Gasteiger partial charge in [-0.15, -0.1) is 0 Å². The molecule has 7 heteroatoms. The Hall–Kier alpha value is -2.44. The Morgan fingerprint density at radius 3 is 2.96 bits per heavy atom. The fraction of sp³-hybridized carbons (Fsp3) is 0.529. The van der Waals surface area contributed by atoms with E-state index < -0.39 is 0 Å². The van der Waals surface area contributed by atoms with Crippen LogP contribution >= 0.6 is 0 Å². The van der Waals surface area contributed by atoms with E-state index in [-0.39, 0.29) is 11.9 Å². The molecule has 3 heterocycles. The molecule has 1 fully saturated rings. The van der Waals surface area contributed by atoms with Gasteiger partial charge in [0.2, 0.25) is 0 Å². The number of aryl methyl sites for hydroxylation is 3. The summed E-state index contributed by atoms with van der Waals surface area (Å²) in [6.45, 7) is 5.64. The quantitative estimate of drug-likeness (QED) is 0.900. The first kappa shape index (κ1) is 16.4. The van der Waals surface area contributed by atoms with Gasteiger partial charge >= 0.3 is 0 Å². The van der Waals surface area contributed by atoms with Crippen LogP contribution < -0.4 is 10.2 Å². The van der Waals surface area contributed by atoms with Crippen LogP contribution in [0.15, 0.2) is 18.5 Å². The number of carbonyl (C=O) groups excluding carboxylic acids is 1. The Balaban J connectivity index is 1.67. The van der Waals surface area contributed by atoms with Crippen molar-refractivity contribution in [3.8, 4) is 0 Å². The highest BCUT2D eigenvalue weighted by atomic mass is 16.1. The first-order valence-corrected chi connectivity index (χ1v) is 8.45. The maximum absolute atomic E-state index is 12.2. The van der Waals surface area contributed by atoms with E-state index in [2.05, 4.69) is 32.2 Å². The number of carbonyl (C=O) groups is 1. The van der Waals surface area contributed by atoms with Crippen molar-refractivity contribution in [1.82, 2.24) is 25.1 Å². The molecule has 0 aromatic carbocycles. The van der Waals surface area contributed by atoms with E-state index in [0.29, 0.717) is 12.1 Å². The van der Waals surface area contributed by atoms with Crippen LogP contribution in [0.2, 0.25) is 0 Å². The lowest BCUT2D eigenvalue weighted by Gasteiger charge is -2.26. The van der Waals surface area contributed by atoms with Gasteiger partial charge in [-0.25, -0.2) is 9.97 Å². The van der Waals surface area contributed by atoms with Gasteiger partial charge in [-0.3, -0.25) is 9.48 Å². The Morgan fingerprint density at radius 2 is 2.25 bits per heavy atom. The number of nitrogens with one attached hydrogen (secondary N) is 1. The van der Waals surface area contributed by atoms with E-state index >= 15 is 0 Å². The van der Waals surface area contributed by atoms with Gasteiger partial charge in [0.1, 0.15) is 11.6 Å². The summed E-state index contributed by atoms with van der Waals surface area (Å²) >= 11 is 0. The van der Waals surface area contributed by atoms with Crippen molar-refractivity contribution < 1.29 is 4.79 Å². The Kier molecular flexibility index (Phi) is 4.78. The molecule has 2 aromatic rings. The van der Waals surface area contributed by atoms with Crippen LogP contribution in [0, 0.1) is 6.92 Å². The van der Waals surface area contributed by atoms with Crippen LogP contribution in [0.25, 0.3) is 0 Å². The summed E-state index contributed by atoms with van der Waals surface area (Å²) in [6, 6.07) is 2.30. The molecule has 0 unspecified atom stereocenters. The highest BCUT2D eigenvalue weighted by Gasteiger charge is 2.26. The molecule has 0 saturated carbocycles. The van der Waals surface area contributed by atoms with Crippen LogP contribution in [0.4, 0.5) is 5.82 Å². The SMILES string of the molecule is CCc1nc(C)cc(N2CCC[C@@H]2CNC(=O)c2cnn(C)c2)n1. The van der Waals surface area contributed by atoms with Gasteiger partial charge in [0.25, 0.3) is 5.91 Å². The van der Waals surface area contributed by atoms with Gasteiger partial charge in [0, 0.05) is 50.6 Å². The second-order valence-corrected chi connectivity index (χ2v) is 6.24. The lowest BCUT2D eigenvalue weighted by atomic mass is 10.2. The van der Waals surface area contributed by atoms with Crippen molar-refractivity contribution in [3.63, 3.8) is 0 Å². The molecule has 128 valence electrons. The topological polar surface area (TPSA) is 75.9 Å². The Bertz CT molecular complexity index is 726. The zero-order chi connectivity index (χ0) is 17.1. The van der Waals surface area contributed by atoms with E-state index in [1.165, 1.54) is 0 Å². The minimum atomic E-state index is -0.0805. The molecule has 1 N–H and O–H groups in total. The van der Waals surface area contributed by atoms with Crippen molar-refractivity contribution in [2.24, 2.45) is 7.05 Å². The predicted molar refractivity (Wildman–Crippen MR) is 92.1 cm³/mol. The number of amides is 1. The summed E-state index contributed by atoms with van der Waals surface area (Å²) in [4.78, 5) is 23.6. The number of aromatic nitrogens is 4. The zero-order valence-corrected chi connectivity index (χ0v) is 14.5. The minimum absolute atomic E-state index is 0.0805. The van der Waals surface area contributed by atoms with Gasteiger partial charge < -0.3 is 10.2 Å². The molecule has 1 aliphatic heterocycles. The molecule has 24 heavy (non-hydrogen) atoms. The maximum atomic E-state index is 12.2. The highest BCUT2D eigenvalue weighted by molar-refractivity contribution is 5.93. The summed E-state index contributed by atoms with van der Waals surface area (Å²) in [6.07, 6.45) is 6.30. The maximum Gasteiger partial charge on any atom is 0.254 e. The van der Waals surface area contributed by atoms with Gasteiger partial charge in [-0.05, 0) is 19.8 Å². The van der Waals surface area contributed by atoms with Crippen LogP contribution in [-0.2, 0) is 13.5 Å². The third-order valence-electron chi connectivity index (χ3n) is 4.34. The van der Waals surface area contributed by atoms with Crippen molar-refractivity contribution >= 4 is 11.7 Å². The van der Waals surface area contributed by atoms with Gasteiger partial charge in [0.15, 0.2) is 0 Å². The smallest absolute Gasteiger partial charge is 0.254 e. The molecule has 0 spiro atoms. The van der Waals surface area contributed by atoms with Crippen LogP contribution in [0.3, 0.4) is 0 Å². The summed E-state index contributed by atoms with van der Waals surface area (Å²) in [7, 11) is 1.80. The summed E-state index contributed by atoms with van der Waals surface area (Å²) in [5.74, 6) is 1.76. The predicted octanol–water partition coefficient (Wildman–Crippen LogP) is 1.48. The second kappa shape index (κ2) is 6.98. The standard InChI is InChI=1S/C17H24N6O/c1-4-15-20-12(2)8-16(21-15)23-7-5-6-14(23)10-18-17(24)13-9-19-22(3)11-13/h8-9,11,14H,4-7,10H2,1-3H3,(H,18,24)/t14-/m1/s1. The molecule has 2 aromatic heterocycles. The van der Waals surface area contributed by atoms with Gasteiger partial charge in [0.05, 0.1) is 11.8 Å². The molecule has 3 rings (SSSR count). The van der Waals surface area contributed by atoms with Crippen molar-refractivity contribution in [3.05, 3.63) is 35.5 Å². The fourth-order valence-corrected chi connectivity index (χ4v) is 3.12. The molecule has 1 amide bonds. The molecular formula is C17H24N6O. The molecule has 1 saturated heterocycles. The average molecular weight is 328 g/mol. The highest BCUT2D eigenvalue weighted by Crippen LogP contribution is 2.24. The van der Waals surface area contributed by atoms with Crippen LogP contribution in [-0.4, -0.2) is 44.8 Å². The normalized spacial score (nSPS) is 17.3. The molecule has 0 bridgehead atoms. The summed E-state index contributed by atoms with van der Waals surface area (Å²) < 4.78 is 1.63. The summed E-state index contributed by atoms with van der Waals surface area (Å²) in [5.41, 5.74) is 1.58. The van der Waals surface area contributed by atoms with Gasteiger partial charge in [-0.2, -0.15) is 5.10 Å². The van der Waals surface area contributed by atoms with E-state index in [0.717, 1.165) is 43.1 Å². The lowest BCUT2D eigenvalue weighted by Crippen LogP contribution is -2.40. The largest absolute Gasteiger partial charge is 0.352 e. The first-order chi connectivity index (χ1) is 11.6. The number of nitrogens with zero attached hydrogens (tertiary/aromatic N) is 5. The van der Waals surface area contributed by atoms with Crippen LogP contribution in [0.1, 0.15) is 41.6 Å². The van der Waals surface area contributed by atoms with Gasteiger partial charge in [-0.1, -0.05) is 6.92 Å². The molecule has 0 radical (unpaired) electrons. The third kappa shape index (κ3) is 3.55. The number of anilines is 1. The summed E-state index contributed by atoms with van der Waals surface area (Å²) in [5, 5.41) is 7.06. The van der Waals surface area contributed by atoms with E-state index in [1.54, 1.807) is 24.1 Å². The van der Waals surface area contributed by atoms with Crippen molar-refractivity contribution in [1.29, 1.82) is 0 Å². The fourth-order valence-electron chi connectivity index (χ4n) is 3.12. The monoisotopic (exact) mass is 328 g/mol. The molecule has 0 aliphatic carbocycles. The van der Waals surface area contributed by atoms with E-state index in [4.69, 9.17) is 0 Å².